The van der Waals surface area contributed by atoms with Crippen molar-refractivity contribution in [3.63, 3.8) is 0 Å². The third-order valence-electron chi connectivity index (χ3n) is 3.48. The number of benzene rings is 2. The summed E-state index contributed by atoms with van der Waals surface area (Å²) < 4.78 is 5.43. The monoisotopic (exact) mass is 325 g/mol. The van der Waals surface area contributed by atoms with Crippen molar-refractivity contribution in [1.82, 2.24) is 9.97 Å². The molecule has 1 aromatic heterocycles. The van der Waals surface area contributed by atoms with Gasteiger partial charge >= 0.3 is 5.97 Å². The van der Waals surface area contributed by atoms with Gasteiger partial charge in [-0.25, -0.2) is 9.78 Å². The number of ether oxygens (including phenoxy) is 1. The van der Waals surface area contributed by atoms with Gasteiger partial charge in [0.15, 0.2) is 0 Å². The van der Waals surface area contributed by atoms with Crippen LogP contribution in [-0.4, -0.2) is 33.6 Å². The number of hydrogen-bond donors (Lipinski definition) is 3. The number of nitrogens with zero attached hydrogens (tertiary/aromatic N) is 1. The minimum atomic E-state index is -1.14. The Bertz CT molecular complexity index is 917. The number of carbonyl (C=O) groups excluding carboxylic acids is 1. The van der Waals surface area contributed by atoms with Crippen LogP contribution in [0, 0.1) is 0 Å². The Morgan fingerprint density at radius 1 is 1.29 bits per heavy atom. The van der Waals surface area contributed by atoms with Crippen molar-refractivity contribution < 1.29 is 19.4 Å². The molecule has 24 heavy (non-hydrogen) atoms. The zero-order valence-corrected chi connectivity index (χ0v) is 12.9. The molecule has 122 valence electrons. The summed E-state index contributed by atoms with van der Waals surface area (Å²) in [6.45, 7) is 2.14. The number of carbonyl (C=O) groups is 2. The summed E-state index contributed by atoms with van der Waals surface area (Å²) in [6, 6.07) is 9.60. The minimum Gasteiger partial charge on any atom is -0.492 e. The Morgan fingerprint density at radius 2 is 2.12 bits per heavy atom. The Hall–Kier alpha value is -3.35. The van der Waals surface area contributed by atoms with Gasteiger partial charge in [0.05, 0.1) is 35.2 Å². The van der Waals surface area contributed by atoms with Gasteiger partial charge < -0.3 is 20.1 Å². The van der Waals surface area contributed by atoms with Crippen molar-refractivity contribution in [1.29, 1.82) is 0 Å². The van der Waals surface area contributed by atoms with Gasteiger partial charge in [-0.1, -0.05) is 6.07 Å². The number of amides is 1. The van der Waals surface area contributed by atoms with Crippen LogP contribution in [0.4, 0.5) is 5.69 Å². The lowest BCUT2D eigenvalue weighted by molar-refractivity contribution is 0.0697. The Labute approximate surface area is 137 Å². The van der Waals surface area contributed by atoms with Gasteiger partial charge in [0.2, 0.25) is 0 Å². The van der Waals surface area contributed by atoms with Crippen molar-refractivity contribution in [2.75, 3.05) is 11.9 Å². The molecular formula is C17H15N3O4. The van der Waals surface area contributed by atoms with Gasteiger partial charge in [0, 0.05) is 5.56 Å². The van der Waals surface area contributed by atoms with E-state index in [0.29, 0.717) is 17.9 Å². The normalized spacial score (nSPS) is 10.5. The smallest absolute Gasteiger partial charge is 0.337 e. The number of carboxylic acids is 1. The molecule has 0 aliphatic rings. The quantitative estimate of drug-likeness (QED) is 0.669. The first-order chi connectivity index (χ1) is 11.6. The summed E-state index contributed by atoms with van der Waals surface area (Å²) in [5.74, 6) is -1.26. The maximum absolute atomic E-state index is 12.5. The highest BCUT2D eigenvalue weighted by molar-refractivity contribution is 6.09. The molecule has 0 spiro atoms. The molecule has 3 rings (SSSR count). The number of fused-ring (bicyclic) bond motifs is 1. The second-order valence-corrected chi connectivity index (χ2v) is 5.01. The van der Waals surface area contributed by atoms with Gasteiger partial charge in [-0.15, -0.1) is 0 Å². The lowest BCUT2D eigenvalue weighted by atomic mass is 10.1. The van der Waals surface area contributed by atoms with Crippen LogP contribution in [0.5, 0.6) is 5.75 Å². The highest BCUT2D eigenvalue weighted by Gasteiger charge is 2.18. The van der Waals surface area contributed by atoms with E-state index in [4.69, 9.17) is 4.74 Å². The van der Waals surface area contributed by atoms with Gasteiger partial charge in [-0.3, -0.25) is 4.79 Å². The molecule has 3 N–H and O–H groups in total. The molecule has 0 radical (unpaired) electrons. The van der Waals surface area contributed by atoms with Crippen molar-refractivity contribution in [2.24, 2.45) is 0 Å². The highest BCUT2D eigenvalue weighted by atomic mass is 16.5. The first kappa shape index (κ1) is 15.5. The number of hydrogen-bond acceptors (Lipinski definition) is 4. The van der Waals surface area contributed by atoms with E-state index in [1.54, 1.807) is 43.6 Å². The molecule has 0 saturated carbocycles. The summed E-state index contributed by atoms with van der Waals surface area (Å²) in [5, 5.41) is 12.0. The third-order valence-corrected chi connectivity index (χ3v) is 3.48. The summed E-state index contributed by atoms with van der Waals surface area (Å²) in [6.07, 6.45) is 1.54. The molecule has 0 bridgehead atoms. The predicted molar refractivity (Wildman–Crippen MR) is 88.6 cm³/mol. The SMILES string of the molecule is CCOc1cccc(C(=O)O)c1NC(=O)c1ccc2nc[nH]c2c1. The number of aromatic amines is 1. The van der Waals surface area contributed by atoms with E-state index in [1.165, 1.54) is 6.07 Å². The summed E-state index contributed by atoms with van der Waals surface area (Å²) in [5.41, 5.74) is 1.96. The molecule has 1 heterocycles. The van der Waals surface area contributed by atoms with Crippen LogP contribution in [0.15, 0.2) is 42.7 Å². The molecule has 3 aromatic rings. The summed E-state index contributed by atoms with van der Waals surface area (Å²) in [7, 11) is 0. The van der Waals surface area contributed by atoms with Crippen LogP contribution in [0.3, 0.4) is 0 Å². The first-order valence-electron chi connectivity index (χ1n) is 7.33. The van der Waals surface area contributed by atoms with E-state index >= 15 is 0 Å². The average Bonchev–Trinajstić information content (AvgIpc) is 3.03. The maximum atomic E-state index is 12.5. The van der Waals surface area contributed by atoms with Crippen LogP contribution in [0.2, 0.25) is 0 Å². The van der Waals surface area contributed by atoms with Crippen LogP contribution in [0.25, 0.3) is 11.0 Å². The van der Waals surface area contributed by atoms with E-state index in [0.717, 1.165) is 11.0 Å². The van der Waals surface area contributed by atoms with Crippen molar-refractivity contribution in [3.05, 3.63) is 53.9 Å². The van der Waals surface area contributed by atoms with Crippen molar-refractivity contribution in [2.45, 2.75) is 6.92 Å². The van der Waals surface area contributed by atoms with Gasteiger partial charge in [0.1, 0.15) is 5.75 Å². The fourth-order valence-corrected chi connectivity index (χ4v) is 2.38. The van der Waals surface area contributed by atoms with Gasteiger partial charge in [-0.2, -0.15) is 0 Å². The first-order valence-corrected chi connectivity index (χ1v) is 7.33. The van der Waals surface area contributed by atoms with Crippen molar-refractivity contribution >= 4 is 28.6 Å². The second kappa shape index (κ2) is 6.41. The maximum Gasteiger partial charge on any atom is 0.337 e. The molecule has 0 aliphatic heterocycles. The van der Waals surface area contributed by atoms with Gasteiger partial charge in [0.25, 0.3) is 5.91 Å². The van der Waals surface area contributed by atoms with Crippen LogP contribution < -0.4 is 10.1 Å². The molecule has 0 atom stereocenters. The number of nitrogens with one attached hydrogen (secondary N) is 2. The Morgan fingerprint density at radius 3 is 2.88 bits per heavy atom. The second-order valence-electron chi connectivity index (χ2n) is 5.01. The number of carboxylic acid groups (broad SMARTS) is 1. The standard InChI is InChI=1S/C17H15N3O4/c1-2-24-14-5-3-4-11(17(22)23)15(14)20-16(21)10-6-7-12-13(8-10)19-9-18-12/h3-9H,2H2,1H3,(H,18,19)(H,20,21)(H,22,23). The van der Waals surface area contributed by atoms with E-state index in [9.17, 15) is 14.7 Å². The average molecular weight is 325 g/mol. The molecule has 7 nitrogen and oxygen atoms in total. The zero-order valence-electron chi connectivity index (χ0n) is 12.9. The largest absolute Gasteiger partial charge is 0.492 e. The molecule has 0 saturated heterocycles. The predicted octanol–water partition coefficient (Wildman–Crippen LogP) is 2.91. The number of rotatable bonds is 5. The van der Waals surface area contributed by atoms with Crippen LogP contribution >= 0.6 is 0 Å². The molecule has 2 aromatic carbocycles. The lowest BCUT2D eigenvalue weighted by Gasteiger charge is -2.14. The molecule has 0 aliphatic carbocycles. The van der Waals surface area contributed by atoms with Crippen LogP contribution in [0.1, 0.15) is 27.6 Å². The number of aromatic nitrogens is 2. The molecular weight excluding hydrogens is 310 g/mol. The topological polar surface area (TPSA) is 104 Å². The lowest BCUT2D eigenvalue weighted by Crippen LogP contribution is -2.16. The summed E-state index contributed by atoms with van der Waals surface area (Å²) in [4.78, 5) is 31.0. The number of para-hydroxylation sites is 1. The van der Waals surface area contributed by atoms with Crippen molar-refractivity contribution in [3.8, 4) is 5.75 Å². The number of anilines is 1. The Balaban J connectivity index is 1.96. The Kier molecular flexibility index (Phi) is 4.15. The zero-order chi connectivity index (χ0) is 17.1. The fraction of sp³-hybridized carbons (Fsp3) is 0.118. The van der Waals surface area contributed by atoms with E-state index in [-0.39, 0.29) is 11.3 Å². The van der Waals surface area contributed by atoms with Gasteiger partial charge in [-0.05, 0) is 37.3 Å². The summed E-state index contributed by atoms with van der Waals surface area (Å²) >= 11 is 0. The number of imidazole rings is 1. The highest BCUT2D eigenvalue weighted by Crippen LogP contribution is 2.29. The molecule has 0 fully saturated rings. The number of H-pyrrole nitrogens is 1. The third kappa shape index (κ3) is 2.91. The van der Waals surface area contributed by atoms with Crippen LogP contribution in [-0.2, 0) is 0 Å². The molecule has 7 heteroatoms. The molecule has 1 amide bonds. The van der Waals surface area contributed by atoms with E-state index < -0.39 is 11.9 Å². The molecule has 0 unspecified atom stereocenters. The number of aromatic carboxylic acids is 1. The van der Waals surface area contributed by atoms with E-state index in [2.05, 4.69) is 15.3 Å². The van der Waals surface area contributed by atoms with E-state index in [1.807, 2.05) is 0 Å². The fourth-order valence-electron chi connectivity index (χ4n) is 2.38. The minimum absolute atomic E-state index is 0.0306.